The van der Waals surface area contributed by atoms with Crippen LogP contribution in [0.25, 0.3) is 0 Å². The third-order valence-electron chi connectivity index (χ3n) is 2.63. The summed E-state index contributed by atoms with van der Waals surface area (Å²) in [7, 11) is 0. The molecule has 1 N–H and O–H groups in total. The first-order chi connectivity index (χ1) is 6.33. The van der Waals surface area contributed by atoms with Crippen molar-refractivity contribution >= 4 is 17.5 Å². The first-order valence-corrected chi connectivity index (χ1v) is 5.69. The van der Waals surface area contributed by atoms with E-state index in [-0.39, 0.29) is 5.91 Å². The SMILES string of the molecule is O=C(CCCl)NCC1CCCCC1. The summed E-state index contributed by atoms with van der Waals surface area (Å²) in [5.74, 6) is 1.24. The minimum absolute atomic E-state index is 0.0978. The average Bonchev–Trinajstić information content (AvgIpc) is 2.17. The van der Waals surface area contributed by atoms with E-state index in [1.165, 1.54) is 32.1 Å². The molecular formula is C10H18ClNO. The highest BCUT2D eigenvalue weighted by Gasteiger charge is 2.13. The minimum atomic E-state index is 0.0978. The molecule has 2 nitrogen and oxygen atoms in total. The van der Waals surface area contributed by atoms with Gasteiger partial charge in [0.25, 0.3) is 0 Å². The molecule has 1 saturated carbocycles. The maximum Gasteiger partial charge on any atom is 0.221 e. The standard InChI is InChI=1S/C10H18ClNO/c11-7-6-10(13)12-8-9-4-2-1-3-5-9/h9H,1-8H2,(H,12,13). The fourth-order valence-corrected chi connectivity index (χ4v) is 2.00. The van der Waals surface area contributed by atoms with Crippen LogP contribution in [0.3, 0.4) is 0 Å². The maximum atomic E-state index is 11.1. The molecule has 0 heterocycles. The van der Waals surface area contributed by atoms with E-state index in [1.54, 1.807) is 0 Å². The molecule has 0 radical (unpaired) electrons. The molecule has 1 aliphatic rings. The predicted molar refractivity (Wildman–Crippen MR) is 54.9 cm³/mol. The van der Waals surface area contributed by atoms with E-state index in [2.05, 4.69) is 5.32 Å². The van der Waals surface area contributed by atoms with Crippen molar-refractivity contribution in [2.45, 2.75) is 38.5 Å². The van der Waals surface area contributed by atoms with E-state index in [4.69, 9.17) is 11.6 Å². The summed E-state index contributed by atoms with van der Waals surface area (Å²) in [6.45, 7) is 0.857. The van der Waals surface area contributed by atoms with Gasteiger partial charge in [-0.1, -0.05) is 19.3 Å². The van der Waals surface area contributed by atoms with Crippen molar-refractivity contribution in [3.8, 4) is 0 Å². The van der Waals surface area contributed by atoms with Gasteiger partial charge in [-0.25, -0.2) is 0 Å². The Labute approximate surface area is 85.0 Å². The van der Waals surface area contributed by atoms with Crippen LogP contribution in [0.4, 0.5) is 0 Å². The summed E-state index contributed by atoms with van der Waals surface area (Å²) in [6.07, 6.45) is 7.04. The highest BCUT2D eigenvalue weighted by molar-refractivity contribution is 6.18. The lowest BCUT2D eigenvalue weighted by Crippen LogP contribution is -2.30. The molecule has 13 heavy (non-hydrogen) atoms. The molecule has 0 saturated heterocycles. The van der Waals surface area contributed by atoms with Crippen LogP contribution in [0.5, 0.6) is 0 Å². The highest BCUT2D eigenvalue weighted by Crippen LogP contribution is 2.22. The summed E-state index contributed by atoms with van der Waals surface area (Å²) in [5.41, 5.74) is 0. The van der Waals surface area contributed by atoms with Crippen molar-refractivity contribution in [2.24, 2.45) is 5.92 Å². The second-order valence-corrected chi connectivity index (χ2v) is 4.13. The lowest BCUT2D eigenvalue weighted by molar-refractivity contribution is -0.120. The van der Waals surface area contributed by atoms with Gasteiger partial charge in [-0.05, 0) is 18.8 Å². The van der Waals surface area contributed by atoms with Crippen LogP contribution in [-0.2, 0) is 4.79 Å². The second-order valence-electron chi connectivity index (χ2n) is 3.75. The van der Waals surface area contributed by atoms with E-state index in [1.807, 2.05) is 0 Å². The number of carbonyl (C=O) groups excluding carboxylic acids is 1. The fraction of sp³-hybridized carbons (Fsp3) is 0.900. The van der Waals surface area contributed by atoms with Gasteiger partial charge >= 0.3 is 0 Å². The van der Waals surface area contributed by atoms with Crippen LogP contribution in [-0.4, -0.2) is 18.3 Å². The Morgan fingerprint density at radius 2 is 2.00 bits per heavy atom. The van der Waals surface area contributed by atoms with E-state index in [9.17, 15) is 4.79 Å². The van der Waals surface area contributed by atoms with Crippen LogP contribution in [0.1, 0.15) is 38.5 Å². The number of nitrogens with one attached hydrogen (secondary N) is 1. The number of hydrogen-bond donors (Lipinski definition) is 1. The van der Waals surface area contributed by atoms with Gasteiger partial charge < -0.3 is 5.32 Å². The Morgan fingerprint density at radius 3 is 2.62 bits per heavy atom. The van der Waals surface area contributed by atoms with Crippen LogP contribution in [0.15, 0.2) is 0 Å². The molecule has 76 valence electrons. The van der Waals surface area contributed by atoms with Crippen molar-refractivity contribution < 1.29 is 4.79 Å². The Bertz CT molecular complexity index is 155. The maximum absolute atomic E-state index is 11.1. The Kier molecular flexibility index (Phi) is 5.21. The third kappa shape index (κ3) is 4.51. The third-order valence-corrected chi connectivity index (χ3v) is 2.82. The lowest BCUT2D eigenvalue weighted by Gasteiger charge is -2.21. The Morgan fingerprint density at radius 1 is 1.31 bits per heavy atom. The summed E-state index contributed by atoms with van der Waals surface area (Å²) < 4.78 is 0. The van der Waals surface area contributed by atoms with Gasteiger partial charge in [0.2, 0.25) is 5.91 Å². The van der Waals surface area contributed by atoms with Crippen molar-refractivity contribution in [3.63, 3.8) is 0 Å². The molecule has 0 atom stereocenters. The van der Waals surface area contributed by atoms with E-state index < -0.39 is 0 Å². The predicted octanol–water partition coefficient (Wildman–Crippen LogP) is 2.31. The molecule has 0 aliphatic heterocycles. The van der Waals surface area contributed by atoms with Crippen LogP contribution >= 0.6 is 11.6 Å². The van der Waals surface area contributed by atoms with Crippen molar-refractivity contribution in [1.29, 1.82) is 0 Å². The van der Waals surface area contributed by atoms with Gasteiger partial charge in [0, 0.05) is 18.8 Å². The first kappa shape index (κ1) is 10.8. The number of hydrogen-bond acceptors (Lipinski definition) is 1. The smallest absolute Gasteiger partial charge is 0.221 e. The molecule has 0 aromatic rings. The number of rotatable bonds is 4. The number of amides is 1. The van der Waals surface area contributed by atoms with Crippen molar-refractivity contribution in [3.05, 3.63) is 0 Å². The Balaban J connectivity index is 2.06. The normalized spacial score (nSPS) is 18.5. The van der Waals surface area contributed by atoms with Crippen LogP contribution < -0.4 is 5.32 Å². The molecule has 0 spiro atoms. The zero-order valence-electron chi connectivity index (χ0n) is 8.02. The molecule has 0 unspecified atom stereocenters. The first-order valence-electron chi connectivity index (χ1n) is 5.15. The minimum Gasteiger partial charge on any atom is -0.356 e. The van der Waals surface area contributed by atoms with Gasteiger partial charge in [-0.3, -0.25) is 4.79 Å². The van der Waals surface area contributed by atoms with Crippen molar-refractivity contribution in [2.75, 3.05) is 12.4 Å². The van der Waals surface area contributed by atoms with E-state index in [0.717, 1.165) is 6.54 Å². The topological polar surface area (TPSA) is 29.1 Å². The number of carbonyl (C=O) groups is 1. The average molecular weight is 204 g/mol. The van der Waals surface area contributed by atoms with Crippen LogP contribution in [0.2, 0.25) is 0 Å². The highest BCUT2D eigenvalue weighted by atomic mass is 35.5. The van der Waals surface area contributed by atoms with E-state index in [0.29, 0.717) is 18.2 Å². The largest absolute Gasteiger partial charge is 0.356 e. The Hall–Kier alpha value is -0.240. The second kappa shape index (κ2) is 6.25. The summed E-state index contributed by atoms with van der Waals surface area (Å²) >= 11 is 5.46. The van der Waals surface area contributed by atoms with Gasteiger partial charge in [0.15, 0.2) is 0 Å². The molecule has 1 rings (SSSR count). The number of alkyl halides is 1. The quantitative estimate of drug-likeness (QED) is 0.699. The fourth-order valence-electron chi connectivity index (χ4n) is 1.82. The molecule has 3 heteroatoms. The number of halogens is 1. The molecule has 1 amide bonds. The summed E-state index contributed by atoms with van der Waals surface area (Å²) in [4.78, 5) is 11.1. The summed E-state index contributed by atoms with van der Waals surface area (Å²) in [6, 6.07) is 0. The molecule has 1 aliphatic carbocycles. The van der Waals surface area contributed by atoms with Gasteiger partial charge in [0.1, 0.15) is 0 Å². The van der Waals surface area contributed by atoms with Gasteiger partial charge in [-0.2, -0.15) is 0 Å². The van der Waals surface area contributed by atoms with Gasteiger partial charge in [0.05, 0.1) is 0 Å². The lowest BCUT2D eigenvalue weighted by atomic mass is 9.89. The van der Waals surface area contributed by atoms with E-state index >= 15 is 0 Å². The molecule has 0 aromatic heterocycles. The molecule has 0 bridgehead atoms. The molecular weight excluding hydrogens is 186 g/mol. The molecule has 1 fully saturated rings. The van der Waals surface area contributed by atoms with Crippen LogP contribution in [0, 0.1) is 5.92 Å². The summed E-state index contributed by atoms with van der Waals surface area (Å²) in [5, 5.41) is 2.93. The zero-order valence-corrected chi connectivity index (χ0v) is 8.78. The zero-order chi connectivity index (χ0) is 9.52. The van der Waals surface area contributed by atoms with Crippen molar-refractivity contribution in [1.82, 2.24) is 5.32 Å². The van der Waals surface area contributed by atoms with Gasteiger partial charge in [-0.15, -0.1) is 11.6 Å². The molecule has 0 aromatic carbocycles. The monoisotopic (exact) mass is 203 g/mol.